The van der Waals surface area contributed by atoms with Gasteiger partial charge < -0.3 is 9.94 Å². The summed E-state index contributed by atoms with van der Waals surface area (Å²) in [4.78, 5) is 16.0. The maximum atomic E-state index is 11.7. The lowest BCUT2D eigenvalue weighted by Gasteiger charge is -2.35. The van der Waals surface area contributed by atoms with Gasteiger partial charge in [0, 0.05) is 0 Å². The maximum absolute atomic E-state index is 11.7. The molecule has 4 nitrogen and oxygen atoms in total. The summed E-state index contributed by atoms with van der Waals surface area (Å²) in [6.07, 6.45) is -0.971. The summed E-state index contributed by atoms with van der Waals surface area (Å²) in [5.41, 5.74) is 0.340. The molecule has 1 N–H and O–H groups in total. The van der Waals surface area contributed by atoms with Gasteiger partial charge in [-0.2, -0.15) is 0 Å². The average molecular weight is 319 g/mol. The van der Waals surface area contributed by atoms with Crippen LogP contribution in [0.2, 0.25) is 0 Å². The Morgan fingerprint density at radius 2 is 1.17 bits per heavy atom. The van der Waals surface area contributed by atoms with Crippen molar-refractivity contribution in [2.75, 3.05) is 0 Å². The molecule has 0 bridgehead atoms. The summed E-state index contributed by atoms with van der Waals surface area (Å²) < 4.78 is 0. The third-order valence-corrected chi connectivity index (χ3v) is 4.06. The van der Waals surface area contributed by atoms with E-state index in [-0.39, 0.29) is 0 Å². The quantitative estimate of drug-likeness (QED) is 0.542. The molecule has 0 heterocycles. The van der Waals surface area contributed by atoms with E-state index in [2.05, 4.69) is 5.34 Å². The largest absolute Gasteiger partial charge is 0.376 e. The Morgan fingerprint density at radius 1 is 0.750 bits per heavy atom. The molecule has 3 aromatic rings. The standard InChI is InChI=1S/C20H17NO3/c22-20(17-12-6-2-7-13-17,18-14-8-3-9-15-18)19(24-21-23)16-10-4-1-5-11-16/h1-15,19,22H/t19-/m0/s1. The zero-order chi connectivity index (χ0) is 16.8. The lowest BCUT2D eigenvalue weighted by molar-refractivity contribution is -0.0939. The molecule has 0 saturated carbocycles. The van der Waals surface area contributed by atoms with Gasteiger partial charge in [0.2, 0.25) is 0 Å². The minimum Gasteiger partial charge on any atom is -0.376 e. The first-order valence-electron chi connectivity index (χ1n) is 7.63. The van der Waals surface area contributed by atoms with E-state index in [0.717, 1.165) is 0 Å². The summed E-state index contributed by atoms with van der Waals surface area (Å²) in [5.74, 6) is 0. The van der Waals surface area contributed by atoms with Crippen LogP contribution < -0.4 is 0 Å². The number of aliphatic hydroxyl groups is 1. The van der Waals surface area contributed by atoms with Crippen molar-refractivity contribution in [3.05, 3.63) is 113 Å². The molecule has 0 spiro atoms. The van der Waals surface area contributed by atoms with E-state index in [1.807, 2.05) is 54.6 Å². The molecule has 0 radical (unpaired) electrons. The number of hydrogen-bond donors (Lipinski definition) is 1. The molecule has 0 unspecified atom stereocenters. The molecule has 0 aliphatic rings. The zero-order valence-corrected chi connectivity index (χ0v) is 12.9. The molecule has 24 heavy (non-hydrogen) atoms. The number of rotatable bonds is 6. The average Bonchev–Trinajstić information content (AvgIpc) is 2.67. The van der Waals surface area contributed by atoms with Crippen LogP contribution in [0, 0.1) is 4.91 Å². The topological polar surface area (TPSA) is 58.9 Å². The van der Waals surface area contributed by atoms with Gasteiger partial charge in [0.1, 0.15) is 0 Å². The van der Waals surface area contributed by atoms with Crippen LogP contribution in [0.15, 0.2) is 96.3 Å². The molecule has 3 aromatic carbocycles. The SMILES string of the molecule is O=NO[C@@H](c1ccccc1)C(O)(c1ccccc1)c1ccccc1. The molecular formula is C20H17NO3. The van der Waals surface area contributed by atoms with Crippen molar-refractivity contribution in [2.24, 2.45) is 5.34 Å². The van der Waals surface area contributed by atoms with Crippen LogP contribution in [0.25, 0.3) is 0 Å². The molecule has 0 aliphatic carbocycles. The fourth-order valence-corrected chi connectivity index (χ4v) is 2.90. The van der Waals surface area contributed by atoms with Gasteiger partial charge in [-0.3, -0.25) is 0 Å². The smallest absolute Gasteiger partial charge is 0.192 e. The van der Waals surface area contributed by atoms with E-state index in [9.17, 15) is 10.0 Å². The third-order valence-electron chi connectivity index (χ3n) is 4.06. The summed E-state index contributed by atoms with van der Waals surface area (Å²) >= 11 is 0. The van der Waals surface area contributed by atoms with Crippen molar-refractivity contribution >= 4 is 0 Å². The van der Waals surface area contributed by atoms with Crippen LogP contribution in [-0.2, 0) is 10.4 Å². The van der Waals surface area contributed by atoms with Crippen LogP contribution in [0.3, 0.4) is 0 Å². The van der Waals surface area contributed by atoms with Gasteiger partial charge in [0.05, 0.1) is 0 Å². The van der Waals surface area contributed by atoms with Crippen molar-refractivity contribution in [3.63, 3.8) is 0 Å². The highest BCUT2D eigenvalue weighted by molar-refractivity contribution is 5.40. The van der Waals surface area contributed by atoms with Crippen LogP contribution >= 0.6 is 0 Å². The highest BCUT2D eigenvalue weighted by atomic mass is 16.7. The lowest BCUT2D eigenvalue weighted by atomic mass is 9.79. The zero-order valence-electron chi connectivity index (χ0n) is 12.9. The Morgan fingerprint density at radius 3 is 1.58 bits per heavy atom. The second kappa shape index (κ2) is 7.06. The summed E-state index contributed by atoms with van der Waals surface area (Å²) in [5, 5.41) is 14.3. The molecule has 0 aromatic heterocycles. The van der Waals surface area contributed by atoms with Gasteiger partial charge in [-0.15, -0.1) is 4.91 Å². The van der Waals surface area contributed by atoms with Crippen LogP contribution in [0.1, 0.15) is 22.8 Å². The third kappa shape index (κ3) is 2.92. The molecule has 0 aliphatic heterocycles. The Labute approximate surface area is 140 Å². The summed E-state index contributed by atoms with van der Waals surface area (Å²) in [7, 11) is 0. The monoisotopic (exact) mass is 319 g/mol. The molecule has 0 saturated heterocycles. The van der Waals surface area contributed by atoms with Gasteiger partial charge in [-0.1, -0.05) is 91.0 Å². The summed E-state index contributed by atoms with van der Waals surface area (Å²) in [6, 6.07) is 27.4. The first kappa shape index (κ1) is 15.9. The van der Waals surface area contributed by atoms with Crippen molar-refractivity contribution in [1.29, 1.82) is 0 Å². The Kier molecular flexibility index (Phi) is 4.68. The molecule has 1 atom stereocenters. The Bertz CT molecular complexity index is 736. The molecule has 120 valence electrons. The van der Waals surface area contributed by atoms with Crippen molar-refractivity contribution in [2.45, 2.75) is 11.7 Å². The predicted molar refractivity (Wildman–Crippen MR) is 91.9 cm³/mol. The van der Waals surface area contributed by atoms with Crippen LogP contribution in [0.4, 0.5) is 0 Å². The Balaban J connectivity index is 2.21. The highest BCUT2D eigenvalue weighted by Gasteiger charge is 2.43. The van der Waals surface area contributed by atoms with Gasteiger partial charge in [0.15, 0.2) is 17.0 Å². The second-order valence-corrected chi connectivity index (χ2v) is 5.47. The number of hydrogen-bond acceptors (Lipinski definition) is 4. The van der Waals surface area contributed by atoms with Crippen LogP contribution in [-0.4, -0.2) is 5.11 Å². The summed E-state index contributed by atoms with van der Waals surface area (Å²) in [6.45, 7) is 0. The molecular weight excluding hydrogens is 302 g/mol. The van der Waals surface area contributed by atoms with Gasteiger partial charge in [-0.25, -0.2) is 0 Å². The van der Waals surface area contributed by atoms with Crippen molar-refractivity contribution in [3.8, 4) is 0 Å². The normalized spacial score (nSPS) is 12.4. The van der Waals surface area contributed by atoms with E-state index < -0.39 is 11.7 Å². The molecule has 4 heteroatoms. The van der Waals surface area contributed by atoms with E-state index in [1.54, 1.807) is 36.4 Å². The number of benzene rings is 3. The lowest BCUT2D eigenvalue weighted by Crippen LogP contribution is -2.35. The highest BCUT2D eigenvalue weighted by Crippen LogP contribution is 2.43. The first-order chi connectivity index (χ1) is 11.8. The molecule has 0 fully saturated rings. The van der Waals surface area contributed by atoms with Crippen LogP contribution in [0.5, 0.6) is 0 Å². The minimum atomic E-state index is -1.56. The van der Waals surface area contributed by atoms with Gasteiger partial charge in [-0.05, 0) is 16.7 Å². The van der Waals surface area contributed by atoms with E-state index in [0.29, 0.717) is 16.7 Å². The molecule has 0 amide bonds. The minimum absolute atomic E-state index is 0.619. The van der Waals surface area contributed by atoms with Gasteiger partial charge >= 0.3 is 0 Å². The first-order valence-corrected chi connectivity index (χ1v) is 7.63. The Hall–Kier alpha value is -2.98. The molecule has 3 rings (SSSR count). The van der Waals surface area contributed by atoms with Crippen molar-refractivity contribution in [1.82, 2.24) is 0 Å². The fraction of sp³-hybridized carbons (Fsp3) is 0.100. The number of nitrogens with zero attached hydrogens (tertiary/aromatic N) is 1. The fourth-order valence-electron chi connectivity index (χ4n) is 2.90. The maximum Gasteiger partial charge on any atom is 0.192 e. The van der Waals surface area contributed by atoms with Crippen molar-refractivity contribution < 1.29 is 9.94 Å². The van der Waals surface area contributed by atoms with Gasteiger partial charge in [0.25, 0.3) is 0 Å². The second-order valence-electron chi connectivity index (χ2n) is 5.47. The van der Waals surface area contributed by atoms with E-state index in [4.69, 9.17) is 4.84 Å². The van der Waals surface area contributed by atoms with E-state index in [1.165, 1.54) is 0 Å². The predicted octanol–water partition coefficient (Wildman–Crippen LogP) is 4.36. The van der Waals surface area contributed by atoms with E-state index >= 15 is 0 Å².